The van der Waals surface area contributed by atoms with Crippen molar-refractivity contribution in [1.82, 2.24) is 15.1 Å². The van der Waals surface area contributed by atoms with Crippen LogP contribution in [0.1, 0.15) is 30.3 Å². The number of hydrogen-bond acceptors (Lipinski definition) is 6. The molecule has 0 aromatic carbocycles. The summed E-state index contributed by atoms with van der Waals surface area (Å²) < 4.78 is 12.1. The highest BCUT2D eigenvalue weighted by Gasteiger charge is 2.55. The van der Waals surface area contributed by atoms with Gasteiger partial charge >= 0.3 is 5.97 Å². The monoisotopic (exact) mass is 380 g/mol. The summed E-state index contributed by atoms with van der Waals surface area (Å²) in [5.41, 5.74) is 0.334. The molecule has 27 heavy (non-hydrogen) atoms. The number of methoxy groups -OCH3 is 1. The van der Waals surface area contributed by atoms with E-state index in [-0.39, 0.29) is 11.4 Å². The van der Waals surface area contributed by atoms with Crippen LogP contribution in [0.3, 0.4) is 0 Å². The second-order valence-corrected chi connectivity index (χ2v) is 6.67. The first-order chi connectivity index (χ1) is 13.0. The number of amides is 2. The van der Waals surface area contributed by atoms with Crippen LogP contribution in [0.25, 0.3) is 0 Å². The smallest absolute Gasteiger partial charge is 0.310 e. The Bertz CT molecular complexity index is 733. The number of anilines is 1. The zero-order valence-corrected chi connectivity index (χ0v) is 15.3. The van der Waals surface area contributed by atoms with Crippen LogP contribution in [0.15, 0.2) is 6.20 Å². The Morgan fingerprint density at radius 2 is 2.04 bits per heavy atom. The van der Waals surface area contributed by atoms with E-state index in [1.165, 1.54) is 11.8 Å². The van der Waals surface area contributed by atoms with E-state index >= 15 is 0 Å². The standard InChI is InChI=1S/C17H24N4O6/c1-3-21-8-9(14(20-21)16(23)18-6-7-26-2)19-15(22)12-10-4-5-11(27-10)13(12)17(24)25/h8,10-13H,3-7H2,1-2H3,(H,18,23)(H,19,22)(H,24,25)/t10-,11-,12-,13-/m0/s1. The Kier molecular flexibility index (Phi) is 5.76. The lowest BCUT2D eigenvalue weighted by Crippen LogP contribution is -2.41. The van der Waals surface area contributed by atoms with Crippen LogP contribution in [0, 0.1) is 11.8 Å². The number of nitrogens with one attached hydrogen (secondary N) is 2. The summed E-state index contributed by atoms with van der Waals surface area (Å²) in [4.78, 5) is 36.7. The van der Waals surface area contributed by atoms with Crippen molar-refractivity contribution < 1.29 is 29.0 Å². The average Bonchev–Trinajstić information content (AvgIpc) is 3.35. The van der Waals surface area contributed by atoms with Gasteiger partial charge in [-0.3, -0.25) is 19.1 Å². The molecule has 3 N–H and O–H groups in total. The number of aliphatic carboxylic acids is 1. The van der Waals surface area contributed by atoms with Gasteiger partial charge in [0.15, 0.2) is 5.69 Å². The molecule has 2 aliphatic heterocycles. The Morgan fingerprint density at radius 3 is 2.67 bits per heavy atom. The fourth-order valence-corrected chi connectivity index (χ4v) is 3.73. The number of carbonyl (C=O) groups is 3. The Morgan fingerprint density at radius 1 is 1.33 bits per heavy atom. The van der Waals surface area contributed by atoms with Gasteiger partial charge in [-0.05, 0) is 19.8 Å². The molecule has 0 aliphatic carbocycles. The molecule has 4 atom stereocenters. The molecule has 0 radical (unpaired) electrons. The van der Waals surface area contributed by atoms with Crippen molar-refractivity contribution >= 4 is 23.5 Å². The topological polar surface area (TPSA) is 132 Å². The van der Waals surface area contributed by atoms with Crippen molar-refractivity contribution in [3.63, 3.8) is 0 Å². The molecule has 10 heteroatoms. The Labute approximate surface area is 156 Å². The minimum Gasteiger partial charge on any atom is -0.481 e. The largest absolute Gasteiger partial charge is 0.481 e. The first-order valence-corrected chi connectivity index (χ1v) is 9.00. The van der Waals surface area contributed by atoms with Gasteiger partial charge in [0.25, 0.3) is 5.91 Å². The first-order valence-electron chi connectivity index (χ1n) is 9.00. The van der Waals surface area contributed by atoms with E-state index in [0.29, 0.717) is 32.5 Å². The Balaban J connectivity index is 1.76. The number of aromatic nitrogens is 2. The van der Waals surface area contributed by atoms with Crippen LogP contribution in [0.4, 0.5) is 5.69 Å². The summed E-state index contributed by atoms with van der Waals surface area (Å²) in [5.74, 6) is -3.59. The third kappa shape index (κ3) is 3.81. The van der Waals surface area contributed by atoms with Gasteiger partial charge in [0.1, 0.15) is 0 Å². The number of carboxylic acid groups (broad SMARTS) is 1. The molecule has 2 amide bonds. The van der Waals surface area contributed by atoms with E-state index in [2.05, 4.69) is 15.7 Å². The molecule has 2 fully saturated rings. The van der Waals surface area contributed by atoms with Crippen molar-refractivity contribution in [3.05, 3.63) is 11.9 Å². The number of hydrogen-bond donors (Lipinski definition) is 3. The lowest BCUT2D eigenvalue weighted by molar-refractivity contribution is -0.147. The number of ether oxygens (including phenoxy) is 2. The maximum Gasteiger partial charge on any atom is 0.310 e. The number of carboxylic acids is 1. The van der Waals surface area contributed by atoms with Crippen LogP contribution in [-0.4, -0.2) is 65.1 Å². The van der Waals surface area contributed by atoms with E-state index in [0.717, 1.165) is 0 Å². The summed E-state index contributed by atoms with van der Waals surface area (Å²) in [6, 6.07) is 0. The quantitative estimate of drug-likeness (QED) is 0.545. The van der Waals surface area contributed by atoms with Crippen molar-refractivity contribution in [2.24, 2.45) is 11.8 Å². The Hall–Kier alpha value is -2.46. The zero-order chi connectivity index (χ0) is 19.6. The van der Waals surface area contributed by atoms with Gasteiger partial charge in [-0.2, -0.15) is 5.10 Å². The summed E-state index contributed by atoms with van der Waals surface area (Å²) in [6.07, 6.45) is 2.03. The molecule has 10 nitrogen and oxygen atoms in total. The lowest BCUT2D eigenvalue weighted by atomic mass is 9.78. The van der Waals surface area contributed by atoms with E-state index in [9.17, 15) is 19.5 Å². The van der Waals surface area contributed by atoms with Gasteiger partial charge in [-0.1, -0.05) is 0 Å². The zero-order valence-electron chi connectivity index (χ0n) is 15.3. The maximum atomic E-state index is 12.8. The normalized spacial score (nSPS) is 26.1. The van der Waals surface area contributed by atoms with Crippen LogP contribution >= 0.6 is 0 Å². The molecule has 0 spiro atoms. The highest BCUT2D eigenvalue weighted by molar-refractivity contribution is 6.03. The third-order valence-corrected chi connectivity index (χ3v) is 5.01. The van der Waals surface area contributed by atoms with Gasteiger partial charge in [0.05, 0.1) is 36.3 Å². The fourth-order valence-electron chi connectivity index (χ4n) is 3.73. The predicted molar refractivity (Wildman–Crippen MR) is 93.3 cm³/mol. The molecule has 3 rings (SSSR count). The molecule has 1 aromatic rings. The molecular weight excluding hydrogens is 356 g/mol. The van der Waals surface area contributed by atoms with Gasteiger partial charge in [0, 0.05) is 26.4 Å². The highest BCUT2D eigenvalue weighted by atomic mass is 16.5. The number of carbonyl (C=O) groups excluding carboxylic acids is 2. The summed E-state index contributed by atoms with van der Waals surface area (Å²) in [6.45, 7) is 3.03. The van der Waals surface area contributed by atoms with Gasteiger partial charge in [-0.25, -0.2) is 0 Å². The fraction of sp³-hybridized carbons (Fsp3) is 0.647. The van der Waals surface area contributed by atoms with Gasteiger partial charge in [-0.15, -0.1) is 0 Å². The molecule has 1 aromatic heterocycles. The minimum atomic E-state index is -1.04. The molecule has 2 saturated heterocycles. The lowest BCUT2D eigenvalue weighted by Gasteiger charge is -2.23. The number of nitrogens with zero attached hydrogens (tertiary/aromatic N) is 2. The minimum absolute atomic E-state index is 0.0808. The van der Waals surface area contributed by atoms with E-state index in [1.807, 2.05) is 6.92 Å². The van der Waals surface area contributed by atoms with Gasteiger partial charge < -0.3 is 25.2 Å². The van der Waals surface area contributed by atoms with Crippen molar-refractivity contribution in [1.29, 1.82) is 0 Å². The second kappa shape index (κ2) is 8.05. The average molecular weight is 380 g/mol. The molecule has 0 unspecified atom stereocenters. The van der Waals surface area contributed by atoms with Crippen LogP contribution in [-0.2, 0) is 25.6 Å². The van der Waals surface area contributed by atoms with Gasteiger partial charge in [0.2, 0.25) is 5.91 Å². The first kappa shape index (κ1) is 19.3. The second-order valence-electron chi connectivity index (χ2n) is 6.67. The SMILES string of the molecule is CCn1cc(NC(=O)[C@@H]2[C@@H](C(=O)O)[C@@H]3CC[C@@H]2O3)c(C(=O)NCCOC)n1. The molecule has 0 saturated carbocycles. The van der Waals surface area contributed by atoms with Crippen LogP contribution in [0.2, 0.25) is 0 Å². The van der Waals surface area contributed by atoms with Crippen molar-refractivity contribution in [2.45, 2.75) is 38.5 Å². The molecule has 3 heterocycles. The molecule has 148 valence electrons. The third-order valence-electron chi connectivity index (χ3n) is 5.01. The van der Waals surface area contributed by atoms with Crippen LogP contribution < -0.4 is 10.6 Å². The van der Waals surface area contributed by atoms with Crippen molar-refractivity contribution in [3.8, 4) is 0 Å². The van der Waals surface area contributed by atoms with E-state index < -0.39 is 41.8 Å². The van der Waals surface area contributed by atoms with Crippen LogP contribution in [0.5, 0.6) is 0 Å². The predicted octanol–water partition coefficient (Wildman–Crippen LogP) is 0.0959. The maximum absolute atomic E-state index is 12.8. The molecular formula is C17H24N4O6. The summed E-state index contributed by atoms with van der Waals surface area (Å²) in [7, 11) is 1.53. The van der Waals surface area contributed by atoms with E-state index in [4.69, 9.17) is 9.47 Å². The van der Waals surface area contributed by atoms with E-state index in [1.54, 1.807) is 6.20 Å². The molecule has 2 aliphatic rings. The summed E-state index contributed by atoms with van der Waals surface area (Å²) >= 11 is 0. The molecule has 2 bridgehead atoms. The van der Waals surface area contributed by atoms with Crippen molar-refractivity contribution in [2.75, 3.05) is 25.6 Å². The number of rotatable bonds is 8. The summed E-state index contributed by atoms with van der Waals surface area (Å²) in [5, 5.41) is 19.0. The highest BCUT2D eigenvalue weighted by Crippen LogP contribution is 2.44. The number of fused-ring (bicyclic) bond motifs is 2. The number of aryl methyl sites for hydroxylation is 1.